The van der Waals surface area contributed by atoms with Gasteiger partial charge in [-0.05, 0) is 12.8 Å². The van der Waals surface area contributed by atoms with E-state index in [0.29, 0.717) is 5.89 Å². The molecule has 4 rings (SSSR count). The van der Waals surface area contributed by atoms with Gasteiger partial charge in [-0.1, -0.05) is 5.10 Å². The van der Waals surface area contributed by atoms with E-state index in [1.165, 1.54) is 0 Å². The predicted molar refractivity (Wildman–Crippen MR) is 56.6 cm³/mol. The summed E-state index contributed by atoms with van der Waals surface area (Å²) < 4.78 is 11.0. The zero-order valence-corrected chi connectivity index (χ0v) is 9.35. The molecule has 2 N–H and O–H groups in total. The molecule has 6 nitrogen and oxygen atoms in total. The first-order chi connectivity index (χ1) is 7.72. The molecule has 1 unspecified atom stereocenters. The van der Waals surface area contributed by atoms with Crippen molar-refractivity contribution in [2.75, 3.05) is 25.9 Å². The van der Waals surface area contributed by atoms with Gasteiger partial charge in [0.15, 0.2) is 0 Å². The van der Waals surface area contributed by atoms with Crippen LogP contribution in [-0.4, -0.2) is 40.9 Å². The Morgan fingerprint density at radius 2 is 2.19 bits per heavy atom. The Balaban J connectivity index is 1.87. The lowest BCUT2D eigenvalue weighted by Gasteiger charge is -2.50. The molecule has 3 saturated heterocycles. The number of nitrogens with zero attached hydrogens (tertiary/aromatic N) is 3. The lowest BCUT2D eigenvalue weighted by atomic mass is 9.79. The van der Waals surface area contributed by atoms with Gasteiger partial charge in [-0.15, -0.1) is 5.10 Å². The van der Waals surface area contributed by atoms with Crippen molar-refractivity contribution >= 4 is 6.01 Å². The molecule has 3 fully saturated rings. The molecular formula is C10H16N4O2. The van der Waals surface area contributed by atoms with Crippen LogP contribution in [-0.2, 0) is 4.74 Å². The largest absolute Gasteiger partial charge is 0.407 e. The first-order valence-corrected chi connectivity index (χ1v) is 5.60. The highest BCUT2D eigenvalue weighted by Crippen LogP contribution is 2.44. The van der Waals surface area contributed by atoms with E-state index in [1.807, 2.05) is 0 Å². The smallest absolute Gasteiger partial charge is 0.312 e. The molecule has 1 aromatic heterocycles. The number of methoxy groups -OCH3 is 1. The summed E-state index contributed by atoms with van der Waals surface area (Å²) in [4.78, 5) is 2.37. The fourth-order valence-electron chi connectivity index (χ4n) is 2.84. The predicted octanol–water partition coefficient (Wildman–Crippen LogP) is 0.578. The van der Waals surface area contributed by atoms with E-state index in [0.717, 1.165) is 32.4 Å². The fourth-order valence-corrected chi connectivity index (χ4v) is 2.84. The molecule has 4 heterocycles. The van der Waals surface area contributed by atoms with Crippen molar-refractivity contribution in [2.45, 2.75) is 30.9 Å². The standard InChI is InChI=1S/C10H16N4O2/c1-15-10-2-4-14(5-3-10)7(6-10)8-12-13-9(11)16-8/h7H,2-6H2,1H3,(H2,11,13). The minimum absolute atomic E-state index is 0.00263. The van der Waals surface area contributed by atoms with E-state index >= 15 is 0 Å². The first kappa shape index (κ1) is 10.0. The number of piperidine rings is 3. The molecule has 1 atom stereocenters. The second-order valence-corrected chi connectivity index (χ2v) is 4.62. The number of aromatic nitrogens is 2. The Hall–Kier alpha value is -1.14. The molecular weight excluding hydrogens is 208 g/mol. The highest BCUT2D eigenvalue weighted by molar-refractivity contribution is 5.10. The maximum atomic E-state index is 5.68. The number of hydrogen-bond donors (Lipinski definition) is 1. The van der Waals surface area contributed by atoms with Crippen molar-refractivity contribution in [2.24, 2.45) is 0 Å². The highest BCUT2D eigenvalue weighted by atomic mass is 16.5. The molecule has 6 heteroatoms. The normalized spacial score (nSPS) is 37.8. The Kier molecular flexibility index (Phi) is 2.15. The summed E-state index contributed by atoms with van der Waals surface area (Å²) >= 11 is 0. The zero-order chi connectivity index (χ0) is 11.2. The van der Waals surface area contributed by atoms with Crippen LogP contribution in [0, 0.1) is 0 Å². The number of fused-ring (bicyclic) bond motifs is 3. The molecule has 0 amide bonds. The van der Waals surface area contributed by atoms with E-state index in [-0.39, 0.29) is 17.7 Å². The maximum absolute atomic E-state index is 5.68. The van der Waals surface area contributed by atoms with Gasteiger partial charge in [0.1, 0.15) is 0 Å². The SMILES string of the molecule is COC12CCN(CC1)C(c1nnc(N)o1)C2. The molecule has 0 saturated carbocycles. The van der Waals surface area contributed by atoms with E-state index in [2.05, 4.69) is 15.1 Å². The van der Waals surface area contributed by atoms with Crippen molar-refractivity contribution in [3.8, 4) is 0 Å². The Bertz CT molecular complexity index is 384. The average Bonchev–Trinajstić information content (AvgIpc) is 2.77. The van der Waals surface area contributed by atoms with Gasteiger partial charge in [0.25, 0.3) is 0 Å². The highest BCUT2D eigenvalue weighted by Gasteiger charge is 2.47. The van der Waals surface area contributed by atoms with Crippen LogP contribution < -0.4 is 5.73 Å². The maximum Gasteiger partial charge on any atom is 0.312 e. The van der Waals surface area contributed by atoms with Crippen LogP contribution in [0.15, 0.2) is 4.42 Å². The number of anilines is 1. The van der Waals surface area contributed by atoms with Crippen molar-refractivity contribution < 1.29 is 9.15 Å². The number of nitrogens with two attached hydrogens (primary N) is 1. The minimum atomic E-state index is 0.00263. The molecule has 0 radical (unpaired) electrons. The van der Waals surface area contributed by atoms with E-state index in [4.69, 9.17) is 14.9 Å². The Morgan fingerprint density at radius 1 is 1.44 bits per heavy atom. The molecule has 0 spiro atoms. The minimum Gasteiger partial charge on any atom is -0.407 e. The monoisotopic (exact) mass is 224 g/mol. The van der Waals surface area contributed by atoms with Gasteiger partial charge in [0.2, 0.25) is 5.89 Å². The van der Waals surface area contributed by atoms with Crippen LogP contribution in [0.3, 0.4) is 0 Å². The number of hydrogen-bond acceptors (Lipinski definition) is 6. The van der Waals surface area contributed by atoms with E-state index < -0.39 is 0 Å². The van der Waals surface area contributed by atoms with Gasteiger partial charge in [-0.3, -0.25) is 4.90 Å². The number of nitrogen functional groups attached to an aromatic ring is 1. The zero-order valence-electron chi connectivity index (χ0n) is 9.35. The van der Waals surface area contributed by atoms with Crippen LogP contribution in [0.2, 0.25) is 0 Å². The second-order valence-electron chi connectivity index (χ2n) is 4.62. The van der Waals surface area contributed by atoms with Gasteiger partial charge in [0, 0.05) is 26.6 Å². The first-order valence-electron chi connectivity index (χ1n) is 5.60. The number of rotatable bonds is 2. The van der Waals surface area contributed by atoms with Gasteiger partial charge in [-0.2, -0.15) is 0 Å². The van der Waals surface area contributed by atoms with Gasteiger partial charge < -0.3 is 14.9 Å². The topological polar surface area (TPSA) is 77.4 Å². The molecule has 88 valence electrons. The summed E-state index contributed by atoms with van der Waals surface area (Å²) in [5, 5.41) is 7.70. The van der Waals surface area contributed by atoms with Crippen molar-refractivity contribution in [1.29, 1.82) is 0 Å². The quantitative estimate of drug-likeness (QED) is 0.791. The average molecular weight is 224 g/mol. The van der Waals surface area contributed by atoms with Crippen LogP contribution in [0.5, 0.6) is 0 Å². The van der Waals surface area contributed by atoms with Crippen LogP contribution in [0.4, 0.5) is 6.01 Å². The molecule has 0 aliphatic carbocycles. The fraction of sp³-hybridized carbons (Fsp3) is 0.800. The summed E-state index contributed by atoms with van der Waals surface area (Å²) in [5.41, 5.74) is 5.46. The molecule has 0 aromatic carbocycles. The van der Waals surface area contributed by atoms with E-state index in [9.17, 15) is 0 Å². The lowest BCUT2D eigenvalue weighted by molar-refractivity contribution is -0.127. The Labute approximate surface area is 93.8 Å². The summed E-state index contributed by atoms with van der Waals surface area (Å²) in [6.45, 7) is 2.06. The van der Waals surface area contributed by atoms with Crippen molar-refractivity contribution in [3.63, 3.8) is 0 Å². The summed E-state index contributed by atoms with van der Waals surface area (Å²) in [5.74, 6) is 0.623. The molecule has 2 bridgehead atoms. The lowest BCUT2D eigenvalue weighted by Crippen LogP contribution is -2.54. The second kappa shape index (κ2) is 3.43. The third kappa shape index (κ3) is 1.41. The van der Waals surface area contributed by atoms with Crippen LogP contribution >= 0.6 is 0 Å². The molecule has 16 heavy (non-hydrogen) atoms. The van der Waals surface area contributed by atoms with Crippen LogP contribution in [0.1, 0.15) is 31.2 Å². The van der Waals surface area contributed by atoms with E-state index in [1.54, 1.807) is 7.11 Å². The number of ether oxygens (including phenoxy) is 1. The molecule has 3 aliphatic heterocycles. The molecule has 3 aliphatic rings. The summed E-state index contributed by atoms with van der Waals surface area (Å²) in [6.07, 6.45) is 3.10. The van der Waals surface area contributed by atoms with Crippen molar-refractivity contribution in [1.82, 2.24) is 15.1 Å². The summed E-state index contributed by atoms with van der Waals surface area (Å²) in [7, 11) is 1.79. The Morgan fingerprint density at radius 3 is 2.75 bits per heavy atom. The third-order valence-electron chi connectivity index (χ3n) is 3.89. The van der Waals surface area contributed by atoms with Crippen molar-refractivity contribution in [3.05, 3.63) is 5.89 Å². The van der Waals surface area contributed by atoms with Crippen LogP contribution in [0.25, 0.3) is 0 Å². The molecule has 1 aromatic rings. The summed E-state index contributed by atoms with van der Waals surface area (Å²) in [6, 6.07) is 0.316. The van der Waals surface area contributed by atoms with Gasteiger partial charge in [0.05, 0.1) is 11.6 Å². The third-order valence-corrected chi connectivity index (χ3v) is 3.89. The van der Waals surface area contributed by atoms with Gasteiger partial charge in [-0.25, -0.2) is 0 Å². The van der Waals surface area contributed by atoms with Gasteiger partial charge >= 0.3 is 6.01 Å².